The van der Waals surface area contributed by atoms with Gasteiger partial charge in [-0.05, 0) is 24.1 Å². The van der Waals surface area contributed by atoms with Gasteiger partial charge in [0.25, 0.3) is 0 Å². The smallest absolute Gasteiger partial charge is 0.222 e. The average molecular weight is 266 g/mol. The van der Waals surface area contributed by atoms with E-state index >= 15 is 0 Å². The van der Waals surface area contributed by atoms with E-state index in [1.54, 1.807) is 7.05 Å². The van der Waals surface area contributed by atoms with Crippen LogP contribution in [0, 0.1) is 0 Å². The molecule has 0 aromatic heterocycles. The van der Waals surface area contributed by atoms with E-state index in [1.165, 1.54) is 12.0 Å². The van der Waals surface area contributed by atoms with Gasteiger partial charge in [0.1, 0.15) is 0 Å². The largest absolute Gasteiger partial charge is 0.399 e. The topological polar surface area (TPSA) is 75.8 Å². The van der Waals surface area contributed by atoms with E-state index in [0.717, 1.165) is 5.56 Å². The molecule has 1 rings (SSSR count). The lowest BCUT2D eigenvalue weighted by Crippen LogP contribution is -2.36. The number of ether oxygens (including phenoxy) is 1. The number of aliphatic hydroxyl groups is 1. The van der Waals surface area contributed by atoms with Gasteiger partial charge in [-0.3, -0.25) is 4.79 Å². The highest BCUT2D eigenvalue weighted by Gasteiger charge is 2.13. The van der Waals surface area contributed by atoms with Crippen molar-refractivity contribution in [2.45, 2.75) is 18.9 Å². The van der Waals surface area contributed by atoms with E-state index in [4.69, 9.17) is 10.5 Å². The van der Waals surface area contributed by atoms with Crippen molar-refractivity contribution in [3.8, 4) is 0 Å². The molecule has 0 saturated carbocycles. The number of rotatable bonds is 7. The highest BCUT2D eigenvalue weighted by molar-refractivity contribution is 5.76. The number of aryl methyl sites for hydroxylation is 1. The average Bonchev–Trinajstić information content (AvgIpc) is 2.36. The van der Waals surface area contributed by atoms with E-state index in [9.17, 15) is 9.90 Å². The highest BCUT2D eigenvalue weighted by atomic mass is 16.5. The molecule has 0 spiro atoms. The van der Waals surface area contributed by atoms with Gasteiger partial charge >= 0.3 is 0 Å². The Kier molecular flexibility index (Phi) is 6.32. The summed E-state index contributed by atoms with van der Waals surface area (Å²) in [5.74, 6) is -0.00224. The van der Waals surface area contributed by atoms with Gasteiger partial charge in [-0.15, -0.1) is 0 Å². The van der Waals surface area contributed by atoms with E-state index in [-0.39, 0.29) is 19.1 Å². The van der Waals surface area contributed by atoms with Gasteiger partial charge in [0, 0.05) is 32.8 Å². The van der Waals surface area contributed by atoms with Crippen molar-refractivity contribution in [2.24, 2.45) is 0 Å². The molecule has 1 atom stereocenters. The predicted octanol–water partition coefficient (Wildman–Crippen LogP) is 0.667. The maximum Gasteiger partial charge on any atom is 0.222 e. The second-order valence-corrected chi connectivity index (χ2v) is 4.63. The summed E-state index contributed by atoms with van der Waals surface area (Å²) in [5, 5.41) is 9.55. The molecule has 5 heteroatoms. The first-order valence-corrected chi connectivity index (χ1v) is 6.28. The minimum Gasteiger partial charge on any atom is -0.399 e. The Bertz CT molecular complexity index is 409. The molecule has 5 nitrogen and oxygen atoms in total. The molecule has 0 fully saturated rings. The van der Waals surface area contributed by atoms with Crippen molar-refractivity contribution < 1.29 is 14.6 Å². The number of methoxy groups -OCH3 is 1. The Labute approximate surface area is 114 Å². The van der Waals surface area contributed by atoms with Gasteiger partial charge in [-0.25, -0.2) is 0 Å². The van der Waals surface area contributed by atoms with Crippen molar-refractivity contribution in [2.75, 3.05) is 33.0 Å². The number of likely N-dealkylation sites (N-methyl/N-ethyl adjacent to an activating group) is 1. The fraction of sp³-hybridized carbons (Fsp3) is 0.500. The number of hydrogen-bond donors (Lipinski definition) is 2. The van der Waals surface area contributed by atoms with E-state index in [1.807, 2.05) is 24.3 Å². The summed E-state index contributed by atoms with van der Waals surface area (Å²) in [6.07, 6.45) is 0.403. The van der Waals surface area contributed by atoms with Crippen molar-refractivity contribution in [3.63, 3.8) is 0 Å². The fourth-order valence-electron chi connectivity index (χ4n) is 1.85. The normalized spacial score (nSPS) is 12.2. The number of amides is 1. The molecular weight excluding hydrogens is 244 g/mol. The van der Waals surface area contributed by atoms with Crippen LogP contribution in [0.15, 0.2) is 24.3 Å². The summed E-state index contributed by atoms with van der Waals surface area (Å²) in [5.41, 5.74) is 7.43. The third-order valence-electron chi connectivity index (χ3n) is 2.85. The first kappa shape index (κ1) is 15.5. The lowest BCUT2D eigenvalue weighted by molar-refractivity contribution is -0.131. The summed E-state index contributed by atoms with van der Waals surface area (Å²) in [6.45, 7) is 0.510. The molecule has 0 bridgehead atoms. The van der Waals surface area contributed by atoms with Gasteiger partial charge in [0.2, 0.25) is 5.91 Å². The van der Waals surface area contributed by atoms with Crippen molar-refractivity contribution in [3.05, 3.63) is 29.8 Å². The molecule has 1 aromatic carbocycles. The van der Waals surface area contributed by atoms with Crippen LogP contribution in [0.3, 0.4) is 0 Å². The van der Waals surface area contributed by atoms with Crippen LogP contribution in [0.1, 0.15) is 12.0 Å². The van der Waals surface area contributed by atoms with Crippen LogP contribution in [0.4, 0.5) is 5.69 Å². The molecule has 1 unspecified atom stereocenters. The molecule has 0 aliphatic heterocycles. The zero-order valence-electron chi connectivity index (χ0n) is 11.5. The molecule has 3 N–H and O–H groups in total. The van der Waals surface area contributed by atoms with Crippen LogP contribution in [0.2, 0.25) is 0 Å². The third-order valence-corrected chi connectivity index (χ3v) is 2.85. The molecule has 1 aromatic rings. The quantitative estimate of drug-likeness (QED) is 0.711. The van der Waals surface area contributed by atoms with Crippen molar-refractivity contribution in [1.29, 1.82) is 0 Å². The lowest BCUT2D eigenvalue weighted by Gasteiger charge is -2.20. The summed E-state index contributed by atoms with van der Waals surface area (Å²) in [6, 6.07) is 7.51. The molecule has 0 heterocycles. The predicted molar refractivity (Wildman–Crippen MR) is 74.7 cm³/mol. The number of aliphatic hydroxyl groups excluding tert-OH is 1. The van der Waals surface area contributed by atoms with Crippen LogP contribution >= 0.6 is 0 Å². The van der Waals surface area contributed by atoms with Crippen LogP contribution in [0.25, 0.3) is 0 Å². The monoisotopic (exact) mass is 266 g/mol. The maximum absolute atomic E-state index is 11.9. The minimum atomic E-state index is -0.647. The number of nitrogens with zero attached hydrogens (tertiary/aromatic N) is 1. The Morgan fingerprint density at radius 1 is 1.53 bits per heavy atom. The van der Waals surface area contributed by atoms with Gasteiger partial charge in [0.05, 0.1) is 12.7 Å². The van der Waals surface area contributed by atoms with Gasteiger partial charge in [-0.2, -0.15) is 0 Å². The number of carbonyl (C=O) groups excluding carboxylic acids is 1. The second kappa shape index (κ2) is 7.76. The molecule has 0 aliphatic carbocycles. The Balaban J connectivity index is 2.38. The number of nitrogen functional groups attached to an aromatic ring is 1. The summed E-state index contributed by atoms with van der Waals surface area (Å²) in [4.78, 5) is 13.4. The van der Waals surface area contributed by atoms with Gasteiger partial charge in [-0.1, -0.05) is 12.1 Å². The minimum absolute atomic E-state index is 0.00224. The number of hydrogen-bond acceptors (Lipinski definition) is 4. The summed E-state index contributed by atoms with van der Waals surface area (Å²) >= 11 is 0. The van der Waals surface area contributed by atoms with Crippen molar-refractivity contribution >= 4 is 11.6 Å². The Hall–Kier alpha value is -1.59. The first-order chi connectivity index (χ1) is 9.02. The van der Waals surface area contributed by atoms with E-state index in [0.29, 0.717) is 18.5 Å². The van der Waals surface area contributed by atoms with Gasteiger partial charge < -0.3 is 20.5 Å². The summed E-state index contributed by atoms with van der Waals surface area (Å²) in [7, 11) is 3.20. The summed E-state index contributed by atoms with van der Waals surface area (Å²) < 4.78 is 4.82. The Morgan fingerprint density at radius 2 is 2.26 bits per heavy atom. The van der Waals surface area contributed by atoms with Crippen LogP contribution in [-0.2, 0) is 16.0 Å². The van der Waals surface area contributed by atoms with E-state index in [2.05, 4.69) is 0 Å². The molecule has 106 valence electrons. The highest BCUT2D eigenvalue weighted by Crippen LogP contribution is 2.09. The van der Waals surface area contributed by atoms with Crippen LogP contribution < -0.4 is 5.73 Å². The Morgan fingerprint density at radius 3 is 2.89 bits per heavy atom. The third kappa shape index (κ3) is 5.72. The molecule has 0 saturated heterocycles. The SMILES string of the molecule is COCC(O)CN(C)C(=O)CCc1cccc(N)c1. The standard InChI is InChI=1S/C14H22N2O3/c1-16(9-13(17)10-19-2)14(18)7-6-11-4-3-5-12(15)8-11/h3-5,8,13,17H,6-7,9-10,15H2,1-2H3. The van der Waals surface area contributed by atoms with Crippen LogP contribution in [-0.4, -0.2) is 49.3 Å². The zero-order chi connectivity index (χ0) is 14.3. The molecule has 19 heavy (non-hydrogen) atoms. The second-order valence-electron chi connectivity index (χ2n) is 4.63. The van der Waals surface area contributed by atoms with Gasteiger partial charge in [0.15, 0.2) is 0 Å². The maximum atomic E-state index is 11.9. The zero-order valence-corrected chi connectivity index (χ0v) is 11.5. The number of carbonyl (C=O) groups is 1. The molecule has 0 aliphatic rings. The van der Waals surface area contributed by atoms with Crippen LogP contribution in [0.5, 0.6) is 0 Å². The molecular formula is C14H22N2O3. The molecule has 1 amide bonds. The first-order valence-electron chi connectivity index (χ1n) is 6.28. The van der Waals surface area contributed by atoms with Crippen molar-refractivity contribution in [1.82, 2.24) is 4.90 Å². The lowest BCUT2D eigenvalue weighted by atomic mass is 10.1. The van der Waals surface area contributed by atoms with E-state index < -0.39 is 6.10 Å². The number of nitrogens with two attached hydrogens (primary N) is 1. The number of benzene rings is 1. The fourth-order valence-corrected chi connectivity index (χ4v) is 1.85. The number of anilines is 1. The molecule has 0 radical (unpaired) electrons.